The second-order valence-electron chi connectivity index (χ2n) is 3.88. The van der Waals surface area contributed by atoms with Crippen molar-refractivity contribution in [3.05, 3.63) is 21.9 Å². The van der Waals surface area contributed by atoms with Gasteiger partial charge in [0, 0.05) is 6.54 Å². The Hall–Kier alpha value is -0.710. The van der Waals surface area contributed by atoms with Crippen LogP contribution in [0.15, 0.2) is 6.07 Å². The molecule has 1 aromatic rings. The predicted molar refractivity (Wildman–Crippen MR) is 64.1 cm³/mol. The van der Waals surface area contributed by atoms with Gasteiger partial charge in [0.1, 0.15) is 10.8 Å². The quantitative estimate of drug-likeness (QED) is 0.781. The van der Waals surface area contributed by atoms with Crippen LogP contribution in [0.2, 0.25) is 10.2 Å². The molecule has 0 saturated heterocycles. The number of aromatic amines is 1. The highest BCUT2D eigenvalue weighted by molar-refractivity contribution is 6.41. The van der Waals surface area contributed by atoms with E-state index in [2.05, 4.69) is 10.3 Å². The molecule has 6 heteroatoms. The highest BCUT2D eigenvalue weighted by Gasteiger charge is 2.19. The minimum atomic E-state index is -0.907. The third kappa shape index (κ3) is 3.40. The fraction of sp³-hybridized carbons (Fsp3) is 0.500. The fourth-order valence-corrected chi connectivity index (χ4v) is 1.33. The highest BCUT2D eigenvalue weighted by atomic mass is 35.5. The number of amides is 1. The number of hydrogen-bond donors (Lipinski definition) is 3. The molecule has 1 amide bonds. The number of halogens is 2. The standard InChI is InChI=1S/C10H14Cl2N2O2/c1-3-10(2,16)5-13-9(15)7-4-6(11)8(12)14-7/h4,14,16H,3,5H2,1-2H3,(H,13,15). The number of aliphatic hydroxyl groups is 1. The zero-order valence-electron chi connectivity index (χ0n) is 9.10. The summed E-state index contributed by atoms with van der Waals surface area (Å²) in [7, 11) is 0. The summed E-state index contributed by atoms with van der Waals surface area (Å²) in [4.78, 5) is 14.2. The van der Waals surface area contributed by atoms with Crippen molar-refractivity contribution in [2.75, 3.05) is 6.54 Å². The molecule has 0 aliphatic heterocycles. The van der Waals surface area contributed by atoms with Crippen molar-refractivity contribution in [3.63, 3.8) is 0 Å². The minimum absolute atomic E-state index is 0.177. The van der Waals surface area contributed by atoms with Gasteiger partial charge in [-0.1, -0.05) is 30.1 Å². The van der Waals surface area contributed by atoms with Crippen LogP contribution in [-0.4, -0.2) is 28.1 Å². The summed E-state index contributed by atoms with van der Waals surface area (Å²) in [6.45, 7) is 3.67. The van der Waals surface area contributed by atoms with Crippen molar-refractivity contribution >= 4 is 29.1 Å². The largest absolute Gasteiger partial charge is 0.388 e. The highest BCUT2D eigenvalue weighted by Crippen LogP contribution is 2.21. The van der Waals surface area contributed by atoms with Crippen LogP contribution < -0.4 is 5.32 Å². The van der Waals surface area contributed by atoms with E-state index < -0.39 is 5.60 Å². The molecule has 1 heterocycles. The van der Waals surface area contributed by atoms with Gasteiger partial charge < -0.3 is 15.4 Å². The smallest absolute Gasteiger partial charge is 0.267 e. The van der Waals surface area contributed by atoms with Crippen molar-refractivity contribution in [3.8, 4) is 0 Å². The van der Waals surface area contributed by atoms with Gasteiger partial charge in [-0.15, -0.1) is 0 Å². The number of rotatable bonds is 4. The summed E-state index contributed by atoms with van der Waals surface area (Å²) in [6.07, 6.45) is 0.555. The Labute approximate surface area is 104 Å². The molecule has 90 valence electrons. The first-order valence-corrected chi connectivity index (χ1v) is 5.66. The SMILES string of the molecule is CCC(C)(O)CNC(=O)c1cc(Cl)c(Cl)[nH]1. The lowest BCUT2D eigenvalue weighted by molar-refractivity contribution is 0.0517. The van der Waals surface area contributed by atoms with E-state index >= 15 is 0 Å². The average molecular weight is 265 g/mol. The molecular formula is C10H14Cl2N2O2. The number of carbonyl (C=O) groups is 1. The van der Waals surface area contributed by atoms with Gasteiger partial charge in [-0.05, 0) is 19.4 Å². The first-order chi connectivity index (χ1) is 7.35. The normalized spacial score (nSPS) is 14.6. The Balaban J connectivity index is 2.60. The van der Waals surface area contributed by atoms with E-state index in [1.807, 2.05) is 6.92 Å². The summed E-state index contributed by atoms with van der Waals surface area (Å²) in [5.74, 6) is -0.345. The molecule has 16 heavy (non-hydrogen) atoms. The van der Waals surface area contributed by atoms with Gasteiger partial charge in [-0.25, -0.2) is 0 Å². The molecule has 0 bridgehead atoms. The fourth-order valence-electron chi connectivity index (χ4n) is 1.02. The van der Waals surface area contributed by atoms with E-state index in [1.54, 1.807) is 6.92 Å². The van der Waals surface area contributed by atoms with Gasteiger partial charge in [0.25, 0.3) is 5.91 Å². The third-order valence-corrected chi connectivity index (χ3v) is 3.05. The topological polar surface area (TPSA) is 65.1 Å². The van der Waals surface area contributed by atoms with Gasteiger partial charge in [0.2, 0.25) is 0 Å². The van der Waals surface area contributed by atoms with Crippen LogP contribution in [0.1, 0.15) is 30.8 Å². The van der Waals surface area contributed by atoms with Gasteiger partial charge >= 0.3 is 0 Å². The molecule has 0 saturated carbocycles. The molecule has 0 aliphatic carbocycles. The molecule has 0 aromatic carbocycles. The lowest BCUT2D eigenvalue weighted by Crippen LogP contribution is -2.40. The molecule has 1 aromatic heterocycles. The van der Waals surface area contributed by atoms with E-state index in [4.69, 9.17) is 23.2 Å². The number of aromatic nitrogens is 1. The summed E-state index contributed by atoms with van der Waals surface area (Å²) < 4.78 is 0. The maximum absolute atomic E-state index is 11.6. The molecule has 4 nitrogen and oxygen atoms in total. The zero-order valence-corrected chi connectivity index (χ0v) is 10.6. The van der Waals surface area contributed by atoms with Gasteiger partial charge in [-0.2, -0.15) is 0 Å². The Morgan fingerprint density at radius 1 is 1.62 bits per heavy atom. The predicted octanol–water partition coefficient (Wildman–Crippen LogP) is 2.21. The molecule has 1 rings (SSSR count). The van der Waals surface area contributed by atoms with E-state index in [9.17, 15) is 9.90 Å². The maximum Gasteiger partial charge on any atom is 0.267 e. The average Bonchev–Trinajstić information content (AvgIpc) is 2.56. The van der Waals surface area contributed by atoms with E-state index in [0.29, 0.717) is 11.4 Å². The first-order valence-electron chi connectivity index (χ1n) is 4.90. The maximum atomic E-state index is 11.6. The van der Waals surface area contributed by atoms with Gasteiger partial charge in [0.05, 0.1) is 10.6 Å². The number of hydrogen-bond acceptors (Lipinski definition) is 2. The molecule has 0 aliphatic rings. The second kappa shape index (κ2) is 5.08. The molecule has 1 unspecified atom stereocenters. The molecule has 1 atom stereocenters. The number of nitrogens with one attached hydrogen (secondary N) is 2. The van der Waals surface area contributed by atoms with Crippen LogP contribution in [0.3, 0.4) is 0 Å². The van der Waals surface area contributed by atoms with Gasteiger partial charge in [-0.3, -0.25) is 4.79 Å². The lowest BCUT2D eigenvalue weighted by atomic mass is 10.0. The monoisotopic (exact) mass is 264 g/mol. The van der Waals surface area contributed by atoms with Crippen LogP contribution in [0, 0.1) is 0 Å². The Morgan fingerprint density at radius 2 is 2.25 bits per heavy atom. The Kier molecular flexibility index (Phi) is 4.24. The van der Waals surface area contributed by atoms with Crippen LogP contribution in [0.25, 0.3) is 0 Å². The number of H-pyrrole nitrogens is 1. The van der Waals surface area contributed by atoms with E-state index in [1.165, 1.54) is 6.07 Å². The molecule has 0 spiro atoms. The van der Waals surface area contributed by atoms with Crippen LogP contribution >= 0.6 is 23.2 Å². The van der Waals surface area contributed by atoms with Crippen molar-refractivity contribution < 1.29 is 9.90 Å². The van der Waals surface area contributed by atoms with Crippen molar-refractivity contribution in [1.29, 1.82) is 0 Å². The first kappa shape index (κ1) is 13.4. The summed E-state index contributed by atoms with van der Waals surface area (Å²) >= 11 is 11.4. The van der Waals surface area contributed by atoms with Crippen molar-refractivity contribution in [2.24, 2.45) is 0 Å². The Bertz CT molecular complexity index is 369. The second-order valence-corrected chi connectivity index (χ2v) is 4.66. The summed E-state index contributed by atoms with van der Waals surface area (Å²) in [5.41, 5.74) is -0.627. The Morgan fingerprint density at radius 3 is 2.69 bits per heavy atom. The summed E-state index contributed by atoms with van der Waals surface area (Å²) in [6, 6.07) is 1.44. The van der Waals surface area contributed by atoms with Crippen LogP contribution in [0.5, 0.6) is 0 Å². The molecule has 0 fully saturated rings. The molecule has 0 radical (unpaired) electrons. The molecule has 3 N–H and O–H groups in total. The van der Waals surface area contributed by atoms with E-state index in [-0.39, 0.29) is 23.3 Å². The van der Waals surface area contributed by atoms with Crippen LogP contribution in [0.4, 0.5) is 0 Å². The van der Waals surface area contributed by atoms with Gasteiger partial charge in [0.15, 0.2) is 0 Å². The zero-order chi connectivity index (χ0) is 12.3. The number of carbonyl (C=O) groups excluding carboxylic acids is 1. The summed E-state index contributed by atoms with van der Waals surface area (Å²) in [5, 5.41) is 12.8. The molecular weight excluding hydrogens is 251 g/mol. The van der Waals surface area contributed by atoms with Crippen molar-refractivity contribution in [1.82, 2.24) is 10.3 Å². The lowest BCUT2D eigenvalue weighted by Gasteiger charge is -2.21. The van der Waals surface area contributed by atoms with E-state index in [0.717, 1.165) is 0 Å². The third-order valence-electron chi connectivity index (χ3n) is 2.36. The van der Waals surface area contributed by atoms with Crippen molar-refractivity contribution in [2.45, 2.75) is 25.9 Å². The minimum Gasteiger partial charge on any atom is -0.388 e. The van der Waals surface area contributed by atoms with Crippen LogP contribution in [-0.2, 0) is 0 Å².